The summed E-state index contributed by atoms with van der Waals surface area (Å²) in [6.45, 7) is 2.83. The van der Waals surface area contributed by atoms with Crippen molar-refractivity contribution in [1.29, 1.82) is 0 Å². The Morgan fingerprint density at radius 2 is 2.31 bits per heavy atom. The van der Waals surface area contributed by atoms with Crippen molar-refractivity contribution >= 4 is 5.82 Å². The molecule has 0 saturated carbocycles. The van der Waals surface area contributed by atoms with Gasteiger partial charge in [-0.05, 0) is 0 Å². The number of methoxy groups -OCH3 is 1. The zero-order valence-electron chi connectivity index (χ0n) is 9.02. The number of rotatable bonds is 3. The van der Waals surface area contributed by atoms with Crippen LogP contribution in [0, 0.1) is 0 Å². The number of H-pyrrole nitrogens is 1. The van der Waals surface area contributed by atoms with Crippen LogP contribution in [0.2, 0.25) is 0 Å². The summed E-state index contributed by atoms with van der Waals surface area (Å²) < 4.78 is 10.2. The molecule has 16 heavy (non-hydrogen) atoms. The van der Waals surface area contributed by atoms with Gasteiger partial charge in [-0.15, -0.1) is 0 Å². The van der Waals surface area contributed by atoms with Crippen molar-refractivity contribution in [3.05, 3.63) is 16.7 Å². The summed E-state index contributed by atoms with van der Waals surface area (Å²) in [5.74, 6) is 0.613. The summed E-state index contributed by atoms with van der Waals surface area (Å²) in [7, 11) is 1.44. The van der Waals surface area contributed by atoms with E-state index in [4.69, 9.17) is 9.47 Å². The van der Waals surface area contributed by atoms with Crippen LogP contribution in [0.4, 0.5) is 5.82 Å². The van der Waals surface area contributed by atoms with Gasteiger partial charge in [0.25, 0.3) is 5.56 Å². The number of aromatic amines is 1. The Bertz CT molecular complexity index is 400. The maximum Gasteiger partial charge on any atom is 0.295 e. The average molecular weight is 226 g/mol. The van der Waals surface area contributed by atoms with Gasteiger partial charge in [0.2, 0.25) is 5.75 Å². The summed E-state index contributed by atoms with van der Waals surface area (Å²) in [5.41, 5.74) is 2.74. The van der Waals surface area contributed by atoms with E-state index in [1.807, 2.05) is 5.01 Å². The largest absolute Gasteiger partial charge is 0.488 e. The first kappa shape index (κ1) is 10.9. The third-order valence-electron chi connectivity index (χ3n) is 2.29. The highest BCUT2D eigenvalue weighted by Crippen LogP contribution is 2.15. The number of hydrogen-bond donors (Lipinski definition) is 2. The van der Waals surface area contributed by atoms with E-state index in [1.54, 1.807) is 0 Å². The summed E-state index contributed by atoms with van der Waals surface area (Å²) >= 11 is 0. The molecule has 0 atom stereocenters. The maximum absolute atomic E-state index is 11.4. The van der Waals surface area contributed by atoms with Crippen molar-refractivity contribution in [1.82, 2.24) is 15.0 Å². The molecule has 0 aromatic carbocycles. The Labute approximate surface area is 92.4 Å². The molecular formula is C9H14N4O3. The van der Waals surface area contributed by atoms with Gasteiger partial charge in [-0.25, -0.2) is 9.99 Å². The first-order valence-electron chi connectivity index (χ1n) is 5.02. The number of aromatic nitrogens is 2. The van der Waals surface area contributed by atoms with Gasteiger partial charge in [0.1, 0.15) is 0 Å². The summed E-state index contributed by atoms with van der Waals surface area (Å²) in [6.07, 6.45) is 1.34. The molecule has 1 fully saturated rings. The molecule has 7 heteroatoms. The summed E-state index contributed by atoms with van der Waals surface area (Å²) in [6, 6.07) is 0. The van der Waals surface area contributed by atoms with Gasteiger partial charge >= 0.3 is 0 Å². The van der Waals surface area contributed by atoms with Crippen molar-refractivity contribution in [2.45, 2.75) is 0 Å². The third kappa shape index (κ3) is 2.31. The predicted molar refractivity (Wildman–Crippen MR) is 57.4 cm³/mol. The predicted octanol–water partition coefficient (Wildman–Crippen LogP) is -0.562. The molecule has 1 aromatic rings. The first-order chi connectivity index (χ1) is 7.81. The molecule has 1 saturated heterocycles. The minimum atomic E-state index is -0.298. The molecule has 2 heterocycles. The molecule has 0 bridgehead atoms. The fraction of sp³-hybridized carbons (Fsp3) is 0.556. The minimum absolute atomic E-state index is 0.189. The minimum Gasteiger partial charge on any atom is -0.488 e. The van der Waals surface area contributed by atoms with Crippen LogP contribution < -0.4 is 15.7 Å². The Hall–Kier alpha value is -1.60. The molecule has 0 amide bonds. The Morgan fingerprint density at radius 3 is 3.00 bits per heavy atom. The molecule has 7 nitrogen and oxygen atoms in total. The standard InChI is InChI=1S/C9H14N4O3/c1-15-7-8(10-6-11-9(7)14)12-13-2-4-16-5-3-13/h6H,2-5H2,1H3,(H2,10,11,12,14). The van der Waals surface area contributed by atoms with Gasteiger partial charge < -0.3 is 14.5 Å². The molecule has 1 aliphatic rings. The van der Waals surface area contributed by atoms with Crippen LogP contribution in [0.5, 0.6) is 5.75 Å². The molecule has 88 valence electrons. The van der Waals surface area contributed by atoms with Gasteiger partial charge in [0.05, 0.1) is 26.7 Å². The van der Waals surface area contributed by atoms with E-state index in [2.05, 4.69) is 15.4 Å². The third-order valence-corrected chi connectivity index (χ3v) is 2.29. The van der Waals surface area contributed by atoms with E-state index in [1.165, 1.54) is 13.4 Å². The molecule has 1 aromatic heterocycles. The highest BCUT2D eigenvalue weighted by Gasteiger charge is 2.14. The lowest BCUT2D eigenvalue weighted by atomic mass is 10.5. The number of hydrogen-bond acceptors (Lipinski definition) is 6. The number of morpholine rings is 1. The molecule has 0 spiro atoms. The van der Waals surface area contributed by atoms with Crippen molar-refractivity contribution in [2.75, 3.05) is 38.8 Å². The van der Waals surface area contributed by atoms with E-state index < -0.39 is 0 Å². The Balaban J connectivity index is 2.13. The fourth-order valence-corrected chi connectivity index (χ4v) is 1.48. The van der Waals surface area contributed by atoms with Gasteiger partial charge in [0, 0.05) is 13.1 Å². The van der Waals surface area contributed by atoms with E-state index in [0.29, 0.717) is 19.0 Å². The lowest BCUT2D eigenvalue weighted by Crippen LogP contribution is -2.40. The zero-order valence-corrected chi connectivity index (χ0v) is 9.02. The van der Waals surface area contributed by atoms with Crippen LogP contribution in [0.1, 0.15) is 0 Å². The van der Waals surface area contributed by atoms with Crippen LogP contribution in [-0.2, 0) is 4.74 Å². The van der Waals surface area contributed by atoms with Crippen LogP contribution >= 0.6 is 0 Å². The van der Waals surface area contributed by atoms with Gasteiger partial charge in [-0.3, -0.25) is 10.2 Å². The summed E-state index contributed by atoms with van der Waals surface area (Å²) in [5, 5.41) is 1.94. The maximum atomic E-state index is 11.4. The van der Waals surface area contributed by atoms with E-state index in [-0.39, 0.29) is 11.3 Å². The van der Waals surface area contributed by atoms with Crippen LogP contribution in [0.3, 0.4) is 0 Å². The van der Waals surface area contributed by atoms with Crippen molar-refractivity contribution in [3.63, 3.8) is 0 Å². The molecule has 1 aliphatic heterocycles. The molecule has 2 N–H and O–H groups in total. The monoisotopic (exact) mass is 226 g/mol. The zero-order chi connectivity index (χ0) is 11.4. The average Bonchev–Trinajstić information content (AvgIpc) is 2.31. The highest BCUT2D eigenvalue weighted by molar-refractivity contribution is 5.46. The molecular weight excluding hydrogens is 212 g/mol. The van der Waals surface area contributed by atoms with Gasteiger partial charge in [-0.2, -0.15) is 0 Å². The molecule has 0 unspecified atom stereocenters. The molecule has 0 radical (unpaired) electrons. The second-order valence-electron chi connectivity index (χ2n) is 3.32. The second-order valence-corrected chi connectivity index (χ2v) is 3.32. The number of nitrogens with zero attached hydrogens (tertiary/aromatic N) is 2. The SMILES string of the molecule is COc1c(NN2CCOCC2)nc[nH]c1=O. The molecule has 2 rings (SSSR count). The number of nitrogens with one attached hydrogen (secondary N) is 2. The van der Waals surface area contributed by atoms with E-state index >= 15 is 0 Å². The van der Waals surface area contributed by atoms with E-state index in [0.717, 1.165) is 13.1 Å². The topological polar surface area (TPSA) is 79.5 Å². The number of anilines is 1. The van der Waals surface area contributed by atoms with Crippen molar-refractivity contribution in [2.24, 2.45) is 0 Å². The van der Waals surface area contributed by atoms with Crippen LogP contribution in [0.25, 0.3) is 0 Å². The summed E-state index contributed by atoms with van der Waals surface area (Å²) in [4.78, 5) is 17.9. The van der Waals surface area contributed by atoms with Crippen LogP contribution in [0.15, 0.2) is 11.1 Å². The second kappa shape index (κ2) is 4.95. The van der Waals surface area contributed by atoms with E-state index in [9.17, 15) is 4.79 Å². The highest BCUT2D eigenvalue weighted by atomic mass is 16.5. The first-order valence-corrected chi connectivity index (χ1v) is 5.02. The van der Waals surface area contributed by atoms with Crippen LogP contribution in [-0.4, -0.2) is 48.4 Å². The lowest BCUT2D eigenvalue weighted by Gasteiger charge is -2.27. The normalized spacial score (nSPS) is 17.1. The van der Waals surface area contributed by atoms with Gasteiger partial charge in [-0.1, -0.05) is 0 Å². The Kier molecular flexibility index (Phi) is 3.37. The molecule has 0 aliphatic carbocycles. The quantitative estimate of drug-likeness (QED) is 0.719. The van der Waals surface area contributed by atoms with Crippen molar-refractivity contribution < 1.29 is 9.47 Å². The fourth-order valence-electron chi connectivity index (χ4n) is 1.48. The lowest BCUT2D eigenvalue weighted by molar-refractivity contribution is 0.0493. The number of ether oxygens (including phenoxy) is 2. The number of hydrazine groups is 1. The Morgan fingerprint density at radius 1 is 1.56 bits per heavy atom. The smallest absolute Gasteiger partial charge is 0.295 e. The van der Waals surface area contributed by atoms with Crippen molar-refractivity contribution in [3.8, 4) is 5.75 Å². The van der Waals surface area contributed by atoms with Gasteiger partial charge in [0.15, 0.2) is 5.82 Å².